The van der Waals surface area contributed by atoms with Crippen molar-refractivity contribution in [2.24, 2.45) is 7.05 Å². The molecule has 2 saturated heterocycles. The normalized spacial score (nSPS) is 28.0. The molecular formula is C17H28N4O2. The van der Waals surface area contributed by atoms with Gasteiger partial charge in [-0.3, -0.25) is 9.48 Å². The number of ether oxygens (including phenoxy) is 1. The molecule has 3 rings (SSSR count). The van der Waals surface area contributed by atoms with Crippen molar-refractivity contribution in [3.05, 3.63) is 18.0 Å². The molecule has 0 N–H and O–H groups in total. The molecule has 3 heterocycles. The third kappa shape index (κ3) is 3.15. The molecule has 1 amide bonds. The Morgan fingerprint density at radius 3 is 2.91 bits per heavy atom. The van der Waals surface area contributed by atoms with Gasteiger partial charge in [0, 0.05) is 32.4 Å². The topological polar surface area (TPSA) is 50.6 Å². The lowest BCUT2D eigenvalue weighted by Crippen LogP contribution is -2.50. The van der Waals surface area contributed by atoms with E-state index in [4.69, 9.17) is 4.74 Å². The van der Waals surface area contributed by atoms with Gasteiger partial charge in [0.15, 0.2) is 0 Å². The molecule has 1 aromatic rings. The first-order valence-electron chi connectivity index (χ1n) is 8.74. The second-order valence-electron chi connectivity index (χ2n) is 6.72. The van der Waals surface area contributed by atoms with Gasteiger partial charge in [-0.15, -0.1) is 0 Å². The van der Waals surface area contributed by atoms with Crippen LogP contribution in [0.2, 0.25) is 0 Å². The number of nitrogens with zero attached hydrogens (tertiary/aromatic N) is 4. The zero-order valence-electron chi connectivity index (χ0n) is 14.5. The van der Waals surface area contributed by atoms with E-state index in [-0.39, 0.29) is 11.5 Å². The summed E-state index contributed by atoms with van der Waals surface area (Å²) in [5.41, 5.74) is 0.498. The highest BCUT2D eigenvalue weighted by atomic mass is 16.5. The second-order valence-corrected chi connectivity index (χ2v) is 6.72. The van der Waals surface area contributed by atoms with Crippen molar-refractivity contribution in [1.29, 1.82) is 0 Å². The fourth-order valence-corrected chi connectivity index (χ4v) is 4.10. The van der Waals surface area contributed by atoms with Gasteiger partial charge in [-0.2, -0.15) is 5.10 Å². The molecule has 2 aliphatic rings. The zero-order chi connectivity index (χ0) is 16.4. The van der Waals surface area contributed by atoms with E-state index in [2.05, 4.69) is 23.8 Å². The van der Waals surface area contributed by atoms with Crippen molar-refractivity contribution in [3.63, 3.8) is 0 Å². The van der Waals surface area contributed by atoms with Gasteiger partial charge in [0.25, 0.3) is 5.91 Å². The van der Waals surface area contributed by atoms with Gasteiger partial charge in [-0.05, 0) is 38.4 Å². The SMILES string of the molecule is CCN(CC)[C@@H]1CCO[C@]2(CCN(C(=O)c3ccnn3C)C2)C1. The van der Waals surface area contributed by atoms with Gasteiger partial charge in [0.1, 0.15) is 5.69 Å². The molecule has 0 saturated carbocycles. The molecule has 1 spiro atoms. The van der Waals surface area contributed by atoms with E-state index < -0.39 is 0 Å². The first kappa shape index (κ1) is 16.5. The van der Waals surface area contributed by atoms with Crippen LogP contribution in [-0.2, 0) is 11.8 Å². The summed E-state index contributed by atoms with van der Waals surface area (Å²) in [6.45, 7) is 8.87. The van der Waals surface area contributed by atoms with E-state index >= 15 is 0 Å². The summed E-state index contributed by atoms with van der Waals surface area (Å²) in [6, 6.07) is 2.36. The highest BCUT2D eigenvalue weighted by molar-refractivity contribution is 5.92. The minimum absolute atomic E-state index is 0.0652. The number of aromatic nitrogens is 2. The van der Waals surface area contributed by atoms with Gasteiger partial charge in [-0.1, -0.05) is 13.8 Å². The number of rotatable bonds is 4. The van der Waals surface area contributed by atoms with Crippen molar-refractivity contribution in [1.82, 2.24) is 19.6 Å². The summed E-state index contributed by atoms with van der Waals surface area (Å²) in [7, 11) is 1.81. The number of amides is 1. The Balaban J connectivity index is 1.68. The number of aryl methyl sites for hydroxylation is 1. The molecule has 0 bridgehead atoms. The first-order valence-corrected chi connectivity index (χ1v) is 8.74. The molecule has 128 valence electrons. The molecule has 2 fully saturated rings. The third-order valence-electron chi connectivity index (χ3n) is 5.44. The van der Waals surface area contributed by atoms with Crippen LogP contribution in [0.3, 0.4) is 0 Å². The van der Waals surface area contributed by atoms with Crippen LogP contribution in [0, 0.1) is 0 Å². The molecule has 23 heavy (non-hydrogen) atoms. The molecule has 0 unspecified atom stereocenters. The van der Waals surface area contributed by atoms with Crippen molar-refractivity contribution in [2.75, 3.05) is 32.8 Å². The van der Waals surface area contributed by atoms with Gasteiger partial charge >= 0.3 is 0 Å². The maximum Gasteiger partial charge on any atom is 0.272 e. The number of carbonyl (C=O) groups excluding carboxylic acids is 1. The van der Waals surface area contributed by atoms with Crippen LogP contribution in [0.25, 0.3) is 0 Å². The molecule has 6 nitrogen and oxygen atoms in total. The number of carbonyl (C=O) groups is 1. The molecule has 0 radical (unpaired) electrons. The molecule has 0 aromatic carbocycles. The Labute approximate surface area is 138 Å². The van der Waals surface area contributed by atoms with E-state index in [0.29, 0.717) is 18.3 Å². The predicted molar refractivity (Wildman–Crippen MR) is 88.4 cm³/mol. The lowest BCUT2D eigenvalue weighted by atomic mass is 9.88. The second kappa shape index (κ2) is 6.61. The van der Waals surface area contributed by atoms with Gasteiger partial charge < -0.3 is 14.5 Å². The minimum Gasteiger partial charge on any atom is -0.373 e. The smallest absolute Gasteiger partial charge is 0.272 e. The van der Waals surface area contributed by atoms with E-state index in [9.17, 15) is 4.79 Å². The van der Waals surface area contributed by atoms with Crippen molar-refractivity contribution < 1.29 is 9.53 Å². The van der Waals surface area contributed by atoms with Crippen molar-refractivity contribution in [3.8, 4) is 0 Å². The number of hydrogen-bond acceptors (Lipinski definition) is 4. The summed E-state index contributed by atoms with van der Waals surface area (Å²) in [4.78, 5) is 17.1. The van der Waals surface area contributed by atoms with E-state index in [1.165, 1.54) is 0 Å². The Morgan fingerprint density at radius 2 is 2.26 bits per heavy atom. The van der Waals surface area contributed by atoms with Crippen LogP contribution < -0.4 is 0 Å². The van der Waals surface area contributed by atoms with Crippen LogP contribution in [0.4, 0.5) is 0 Å². The molecular weight excluding hydrogens is 292 g/mol. The summed E-state index contributed by atoms with van der Waals surface area (Å²) in [6.07, 6.45) is 4.74. The zero-order valence-corrected chi connectivity index (χ0v) is 14.5. The summed E-state index contributed by atoms with van der Waals surface area (Å²) in [5, 5.41) is 4.10. The van der Waals surface area contributed by atoms with E-state index in [1.807, 2.05) is 11.9 Å². The summed E-state index contributed by atoms with van der Waals surface area (Å²) < 4.78 is 7.83. The summed E-state index contributed by atoms with van der Waals surface area (Å²) in [5.74, 6) is 0.0652. The van der Waals surface area contributed by atoms with Crippen LogP contribution in [0.15, 0.2) is 12.3 Å². The largest absolute Gasteiger partial charge is 0.373 e. The molecule has 0 aliphatic carbocycles. The minimum atomic E-state index is -0.153. The average Bonchev–Trinajstić information content (AvgIpc) is 3.15. The Morgan fingerprint density at radius 1 is 1.48 bits per heavy atom. The Kier molecular flexibility index (Phi) is 4.73. The van der Waals surface area contributed by atoms with Gasteiger partial charge in [0.05, 0.1) is 12.1 Å². The third-order valence-corrected chi connectivity index (χ3v) is 5.44. The molecule has 2 atom stereocenters. The van der Waals surface area contributed by atoms with Crippen LogP contribution in [0.5, 0.6) is 0 Å². The molecule has 2 aliphatic heterocycles. The Hall–Kier alpha value is -1.40. The van der Waals surface area contributed by atoms with E-state index in [0.717, 1.165) is 45.5 Å². The monoisotopic (exact) mass is 320 g/mol. The standard InChI is InChI=1S/C17H28N4O2/c1-4-20(5-2)14-7-11-23-17(12-14)8-10-21(13-17)16(22)15-6-9-18-19(15)3/h6,9,14H,4-5,7-8,10-13H2,1-3H3/t14-,17-/m1/s1. The lowest BCUT2D eigenvalue weighted by Gasteiger charge is -2.42. The Bertz CT molecular complexity index is 555. The van der Waals surface area contributed by atoms with Crippen LogP contribution >= 0.6 is 0 Å². The first-order chi connectivity index (χ1) is 11.1. The van der Waals surface area contributed by atoms with Crippen LogP contribution in [0.1, 0.15) is 43.6 Å². The highest BCUT2D eigenvalue weighted by Gasteiger charge is 2.45. The molecule has 1 aromatic heterocycles. The number of likely N-dealkylation sites (tertiary alicyclic amines) is 1. The lowest BCUT2D eigenvalue weighted by molar-refractivity contribution is -0.0961. The van der Waals surface area contributed by atoms with Gasteiger partial charge in [-0.25, -0.2) is 0 Å². The highest BCUT2D eigenvalue weighted by Crippen LogP contribution is 2.36. The predicted octanol–water partition coefficient (Wildman–Crippen LogP) is 1.53. The fourth-order valence-electron chi connectivity index (χ4n) is 4.10. The van der Waals surface area contributed by atoms with Crippen molar-refractivity contribution >= 4 is 5.91 Å². The molecule has 6 heteroatoms. The van der Waals surface area contributed by atoms with Crippen LogP contribution in [-0.4, -0.2) is 69.9 Å². The maximum atomic E-state index is 12.7. The van der Waals surface area contributed by atoms with E-state index in [1.54, 1.807) is 16.9 Å². The average molecular weight is 320 g/mol. The maximum absolute atomic E-state index is 12.7. The van der Waals surface area contributed by atoms with Crippen molar-refractivity contribution in [2.45, 2.75) is 44.8 Å². The quantitative estimate of drug-likeness (QED) is 0.844. The summed E-state index contributed by atoms with van der Waals surface area (Å²) >= 11 is 0. The van der Waals surface area contributed by atoms with Gasteiger partial charge in [0.2, 0.25) is 0 Å². The number of hydrogen-bond donors (Lipinski definition) is 0. The fraction of sp³-hybridized carbons (Fsp3) is 0.765.